The van der Waals surface area contributed by atoms with Crippen LogP contribution in [0.3, 0.4) is 0 Å². The summed E-state index contributed by atoms with van der Waals surface area (Å²) in [5.74, 6) is -2.54. The monoisotopic (exact) mass is 480 g/mol. The number of likely N-dealkylation sites (tertiary alicyclic amines) is 1. The molecule has 1 aromatic rings. The van der Waals surface area contributed by atoms with Crippen molar-refractivity contribution < 1.29 is 23.9 Å². The number of ether oxygens (including phenoxy) is 1. The van der Waals surface area contributed by atoms with Crippen LogP contribution in [0.5, 0.6) is 0 Å². The van der Waals surface area contributed by atoms with Gasteiger partial charge in [-0.3, -0.25) is 24.1 Å². The zero-order valence-electron chi connectivity index (χ0n) is 15.4. The average Bonchev–Trinajstić information content (AvgIpc) is 2.99. The van der Waals surface area contributed by atoms with Gasteiger partial charge in [0.1, 0.15) is 6.04 Å². The Balaban J connectivity index is 1.83. The highest BCUT2D eigenvalue weighted by Gasteiger charge is 2.46. The van der Waals surface area contributed by atoms with Crippen molar-refractivity contribution >= 4 is 70.1 Å². The predicted molar refractivity (Wildman–Crippen MR) is 108 cm³/mol. The summed E-state index contributed by atoms with van der Waals surface area (Å²) in [6, 6.07) is -1.10. The number of imide groups is 1. The fourth-order valence-corrected chi connectivity index (χ4v) is 4.61. The minimum Gasteiger partial charge on any atom is -0.469 e. The van der Waals surface area contributed by atoms with Crippen LogP contribution in [-0.4, -0.2) is 59.7 Å². The van der Waals surface area contributed by atoms with Gasteiger partial charge in [-0.15, -0.1) is 0 Å². The first-order valence-electron chi connectivity index (χ1n) is 8.72. The van der Waals surface area contributed by atoms with E-state index in [1.54, 1.807) is 0 Å². The predicted octanol–water partition coefficient (Wildman–Crippen LogP) is 3.70. The number of nitrogens with zero attached hydrogens (tertiary/aromatic N) is 2. The molecule has 0 radical (unpaired) electrons. The fraction of sp³-hybridized carbons (Fsp3) is 0.444. The third-order valence-corrected chi connectivity index (χ3v) is 7.02. The van der Waals surface area contributed by atoms with E-state index < -0.39 is 23.8 Å². The van der Waals surface area contributed by atoms with Crippen LogP contribution >= 0.6 is 46.4 Å². The Kier molecular flexibility index (Phi) is 6.34. The van der Waals surface area contributed by atoms with Gasteiger partial charge in [-0.1, -0.05) is 46.4 Å². The molecule has 3 rings (SSSR count). The molecule has 7 nitrogen and oxygen atoms in total. The number of hydrogen-bond donors (Lipinski definition) is 0. The molecule has 1 fully saturated rings. The fourth-order valence-electron chi connectivity index (χ4n) is 3.60. The molecule has 2 heterocycles. The largest absolute Gasteiger partial charge is 0.469 e. The van der Waals surface area contributed by atoms with Crippen LogP contribution in [0.25, 0.3) is 0 Å². The van der Waals surface area contributed by atoms with E-state index in [0.717, 1.165) is 4.90 Å². The number of carbonyl (C=O) groups excluding carboxylic acids is 4. The Hall–Kier alpha value is -1.54. The van der Waals surface area contributed by atoms with Gasteiger partial charge in [0.25, 0.3) is 11.8 Å². The lowest BCUT2D eigenvalue weighted by atomic mass is 9.96. The summed E-state index contributed by atoms with van der Waals surface area (Å²) in [6.07, 6.45) is 0.881. The first-order chi connectivity index (χ1) is 13.6. The molecule has 0 bridgehead atoms. The molecule has 2 aliphatic heterocycles. The molecule has 1 aromatic carbocycles. The van der Waals surface area contributed by atoms with Crippen molar-refractivity contribution in [2.45, 2.75) is 25.8 Å². The molecule has 0 aliphatic carbocycles. The van der Waals surface area contributed by atoms with Gasteiger partial charge in [-0.2, -0.15) is 0 Å². The van der Waals surface area contributed by atoms with Gasteiger partial charge in [0.15, 0.2) is 0 Å². The van der Waals surface area contributed by atoms with Crippen LogP contribution < -0.4 is 0 Å². The van der Waals surface area contributed by atoms with Crippen molar-refractivity contribution in [1.82, 2.24) is 9.80 Å². The second-order valence-electron chi connectivity index (χ2n) is 6.78. The van der Waals surface area contributed by atoms with Crippen LogP contribution in [0.1, 0.15) is 40.5 Å². The van der Waals surface area contributed by atoms with Crippen LogP contribution in [0.4, 0.5) is 0 Å². The molecule has 3 amide bonds. The van der Waals surface area contributed by atoms with E-state index in [0.29, 0.717) is 25.9 Å². The van der Waals surface area contributed by atoms with Gasteiger partial charge < -0.3 is 9.64 Å². The summed E-state index contributed by atoms with van der Waals surface area (Å²) >= 11 is 24.2. The number of piperidine rings is 1. The number of hydrogen-bond acceptors (Lipinski definition) is 5. The first kappa shape index (κ1) is 22.2. The summed E-state index contributed by atoms with van der Waals surface area (Å²) in [6.45, 7) is 2.07. The maximum atomic E-state index is 12.9. The number of methoxy groups -OCH3 is 1. The van der Waals surface area contributed by atoms with E-state index in [1.165, 1.54) is 18.9 Å². The van der Waals surface area contributed by atoms with Crippen molar-refractivity contribution in [3.05, 3.63) is 31.2 Å². The van der Waals surface area contributed by atoms with E-state index >= 15 is 0 Å². The maximum Gasteiger partial charge on any atom is 0.308 e. The number of amides is 3. The molecule has 1 saturated heterocycles. The summed E-state index contributed by atoms with van der Waals surface area (Å²) in [7, 11) is 1.32. The van der Waals surface area contributed by atoms with Gasteiger partial charge in [-0.25, -0.2) is 0 Å². The summed E-state index contributed by atoms with van der Waals surface area (Å²) < 4.78 is 4.73. The second-order valence-corrected chi connectivity index (χ2v) is 8.30. The quantitative estimate of drug-likeness (QED) is 0.284. The van der Waals surface area contributed by atoms with Gasteiger partial charge >= 0.3 is 5.97 Å². The van der Waals surface area contributed by atoms with Gasteiger partial charge in [0.05, 0.1) is 44.2 Å². The van der Waals surface area contributed by atoms with Gasteiger partial charge in [0, 0.05) is 13.1 Å². The zero-order valence-corrected chi connectivity index (χ0v) is 18.5. The van der Waals surface area contributed by atoms with Gasteiger partial charge in [0.2, 0.25) is 5.91 Å². The normalized spacial score (nSPS) is 18.1. The van der Waals surface area contributed by atoms with E-state index in [-0.39, 0.29) is 43.1 Å². The zero-order chi connectivity index (χ0) is 21.6. The highest BCUT2D eigenvalue weighted by molar-refractivity contribution is 6.55. The average molecular weight is 482 g/mol. The standard InChI is InChI=1S/C18H16Cl4N2O5/c1-7(15(25)23-5-3-8(4-6-23)18(28)29-2)24-16(26)9-10(17(24)27)12(20)14(22)13(21)11(9)19/h7-8H,3-6H2,1-2H3. The molecule has 156 valence electrons. The highest BCUT2D eigenvalue weighted by Crippen LogP contribution is 2.45. The summed E-state index contributed by atoms with van der Waals surface area (Å²) in [5.41, 5.74) is -0.333. The van der Waals surface area contributed by atoms with Crippen LogP contribution in [0.15, 0.2) is 0 Å². The molecule has 1 atom stereocenters. The van der Waals surface area contributed by atoms with Crippen LogP contribution in [-0.2, 0) is 14.3 Å². The number of carbonyl (C=O) groups is 4. The topological polar surface area (TPSA) is 84.0 Å². The van der Waals surface area contributed by atoms with Gasteiger partial charge in [-0.05, 0) is 19.8 Å². The SMILES string of the molecule is COC(=O)C1CCN(C(=O)C(C)N2C(=O)c3c(Cl)c(Cl)c(Cl)c(Cl)c3C2=O)CC1. The number of fused-ring (bicyclic) bond motifs is 1. The van der Waals surface area contributed by atoms with Crippen LogP contribution in [0, 0.1) is 5.92 Å². The molecular formula is C18H16Cl4N2O5. The Morgan fingerprint density at radius 3 is 1.79 bits per heavy atom. The van der Waals surface area contributed by atoms with Crippen molar-refractivity contribution in [1.29, 1.82) is 0 Å². The molecule has 2 aliphatic rings. The van der Waals surface area contributed by atoms with E-state index in [4.69, 9.17) is 51.1 Å². The maximum absolute atomic E-state index is 12.9. The number of rotatable bonds is 3. The third-order valence-electron chi connectivity index (χ3n) is 5.22. The Labute approximate surface area is 186 Å². The number of benzene rings is 1. The molecule has 0 spiro atoms. The number of esters is 1. The lowest BCUT2D eigenvalue weighted by Crippen LogP contribution is -2.51. The minimum absolute atomic E-state index is 0.135. The smallest absolute Gasteiger partial charge is 0.308 e. The first-order valence-corrected chi connectivity index (χ1v) is 10.2. The lowest BCUT2D eigenvalue weighted by molar-refractivity contribution is -0.149. The minimum atomic E-state index is -1.10. The summed E-state index contributed by atoms with van der Waals surface area (Å²) in [5, 5.41) is -0.640. The Morgan fingerprint density at radius 2 is 1.38 bits per heavy atom. The molecule has 0 N–H and O–H groups in total. The molecule has 0 saturated carbocycles. The molecular weight excluding hydrogens is 466 g/mol. The van der Waals surface area contributed by atoms with Crippen molar-refractivity contribution in [2.24, 2.45) is 5.92 Å². The van der Waals surface area contributed by atoms with Crippen LogP contribution in [0.2, 0.25) is 20.1 Å². The second kappa shape index (κ2) is 8.30. The van der Waals surface area contributed by atoms with Crippen molar-refractivity contribution in [2.75, 3.05) is 20.2 Å². The van der Waals surface area contributed by atoms with E-state index in [2.05, 4.69) is 0 Å². The van der Waals surface area contributed by atoms with Crippen molar-refractivity contribution in [3.63, 3.8) is 0 Å². The molecule has 0 aromatic heterocycles. The summed E-state index contributed by atoms with van der Waals surface area (Å²) in [4.78, 5) is 52.7. The molecule has 29 heavy (non-hydrogen) atoms. The highest BCUT2D eigenvalue weighted by atomic mass is 35.5. The third kappa shape index (κ3) is 3.58. The lowest BCUT2D eigenvalue weighted by Gasteiger charge is -2.34. The Bertz CT molecular complexity index is 881. The van der Waals surface area contributed by atoms with E-state index in [1.807, 2.05) is 0 Å². The number of halogens is 4. The molecule has 11 heteroatoms. The molecule has 1 unspecified atom stereocenters. The van der Waals surface area contributed by atoms with E-state index in [9.17, 15) is 19.2 Å². The van der Waals surface area contributed by atoms with Crippen molar-refractivity contribution in [3.8, 4) is 0 Å². The Morgan fingerprint density at radius 1 is 0.931 bits per heavy atom.